The lowest BCUT2D eigenvalue weighted by molar-refractivity contribution is 0.512. The van der Waals surface area contributed by atoms with Gasteiger partial charge in [-0.15, -0.1) is 0 Å². The molecular formula is C15H22N2. The molecule has 0 fully saturated rings. The molecular weight excluding hydrogens is 208 g/mol. The van der Waals surface area contributed by atoms with Gasteiger partial charge in [0.2, 0.25) is 0 Å². The lowest BCUT2D eigenvalue weighted by Gasteiger charge is -2.12. The normalized spacial score (nSPS) is 11.5. The second kappa shape index (κ2) is 5.37. The lowest BCUT2D eigenvalue weighted by Crippen LogP contribution is -2.12. The molecule has 0 aliphatic heterocycles. The summed E-state index contributed by atoms with van der Waals surface area (Å²) in [7, 11) is 2.00. The molecule has 2 heteroatoms. The Bertz CT molecular complexity index is 483. The largest absolute Gasteiger partial charge is 0.343 e. The summed E-state index contributed by atoms with van der Waals surface area (Å²) in [6, 6.07) is 10.9. The van der Waals surface area contributed by atoms with Crippen molar-refractivity contribution in [1.29, 1.82) is 0 Å². The van der Waals surface area contributed by atoms with Gasteiger partial charge in [0.15, 0.2) is 0 Å². The van der Waals surface area contributed by atoms with E-state index in [9.17, 15) is 0 Å². The van der Waals surface area contributed by atoms with Crippen molar-refractivity contribution in [2.75, 3.05) is 7.05 Å². The standard InChI is InChI=1S/C15H22N2/c1-12(2)8-9-17-14(11-16-3)10-13-6-4-5-7-15(13)17/h4-7,10,12,16H,8-9,11H2,1-3H3. The first-order valence-corrected chi connectivity index (χ1v) is 6.44. The molecule has 0 aliphatic carbocycles. The van der Waals surface area contributed by atoms with Crippen molar-refractivity contribution in [1.82, 2.24) is 9.88 Å². The molecule has 1 heterocycles. The second-order valence-electron chi connectivity index (χ2n) is 5.06. The molecule has 0 amide bonds. The van der Waals surface area contributed by atoms with Crippen LogP contribution >= 0.6 is 0 Å². The molecule has 0 saturated carbocycles. The topological polar surface area (TPSA) is 17.0 Å². The van der Waals surface area contributed by atoms with Crippen LogP contribution in [0.1, 0.15) is 26.0 Å². The molecule has 2 rings (SSSR count). The van der Waals surface area contributed by atoms with Crippen LogP contribution in [-0.2, 0) is 13.1 Å². The number of benzene rings is 1. The fourth-order valence-electron chi connectivity index (χ4n) is 2.25. The Balaban J connectivity index is 2.37. The third-order valence-electron chi connectivity index (χ3n) is 3.18. The summed E-state index contributed by atoms with van der Waals surface area (Å²) in [5, 5.41) is 4.60. The second-order valence-corrected chi connectivity index (χ2v) is 5.06. The van der Waals surface area contributed by atoms with Crippen molar-refractivity contribution in [3.63, 3.8) is 0 Å². The van der Waals surface area contributed by atoms with Gasteiger partial charge >= 0.3 is 0 Å². The van der Waals surface area contributed by atoms with Crippen LogP contribution in [0.4, 0.5) is 0 Å². The zero-order valence-corrected chi connectivity index (χ0v) is 11.0. The SMILES string of the molecule is CNCc1cc2ccccc2n1CCC(C)C. The number of hydrogen-bond donors (Lipinski definition) is 1. The number of aryl methyl sites for hydroxylation is 1. The van der Waals surface area contributed by atoms with E-state index in [2.05, 4.69) is 54.1 Å². The summed E-state index contributed by atoms with van der Waals surface area (Å²) in [6.45, 7) is 6.61. The van der Waals surface area contributed by atoms with Crippen LogP contribution in [0.25, 0.3) is 10.9 Å². The van der Waals surface area contributed by atoms with Crippen LogP contribution < -0.4 is 5.32 Å². The molecule has 0 spiro atoms. The molecule has 0 aliphatic rings. The minimum absolute atomic E-state index is 0.749. The van der Waals surface area contributed by atoms with Crippen LogP contribution in [0.15, 0.2) is 30.3 Å². The molecule has 0 unspecified atom stereocenters. The van der Waals surface area contributed by atoms with E-state index >= 15 is 0 Å². The fraction of sp³-hybridized carbons (Fsp3) is 0.467. The maximum Gasteiger partial charge on any atom is 0.0482 e. The first-order valence-electron chi connectivity index (χ1n) is 6.44. The van der Waals surface area contributed by atoms with Crippen molar-refractivity contribution in [3.8, 4) is 0 Å². The zero-order valence-electron chi connectivity index (χ0n) is 11.0. The molecule has 0 saturated heterocycles. The van der Waals surface area contributed by atoms with Crippen LogP contribution in [0.2, 0.25) is 0 Å². The Morgan fingerprint density at radius 3 is 2.71 bits per heavy atom. The summed E-state index contributed by atoms with van der Waals surface area (Å²) in [4.78, 5) is 0. The van der Waals surface area contributed by atoms with Gasteiger partial charge in [0.05, 0.1) is 0 Å². The van der Waals surface area contributed by atoms with Gasteiger partial charge < -0.3 is 9.88 Å². The fourth-order valence-corrected chi connectivity index (χ4v) is 2.25. The average Bonchev–Trinajstić information content (AvgIpc) is 2.64. The molecule has 1 N–H and O–H groups in total. The van der Waals surface area contributed by atoms with E-state index in [0.717, 1.165) is 19.0 Å². The Morgan fingerprint density at radius 1 is 1.24 bits per heavy atom. The maximum atomic E-state index is 3.25. The van der Waals surface area contributed by atoms with Gasteiger partial charge in [0.25, 0.3) is 0 Å². The lowest BCUT2D eigenvalue weighted by atomic mass is 10.1. The summed E-state index contributed by atoms with van der Waals surface area (Å²) in [5.41, 5.74) is 2.74. The summed E-state index contributed by atoms with van der Waals surface area (Å²) < 4.78 is 2.45. The molecule has 0 radical (unpaired) electrons. The zero-order chi connectivity index (χ0) is 12.3. The highest BCUT2D eigenvalue weighted by molar-refractivity contribution is 5.81. The van der Waals surface area contributed by atoms with E-state index in [4.69, 9.17) is 0 Å². The number of nitrogens with zero attached hydrogens (tertiary/aromatic N) is 1. The Labute approximate surface area is 104 Å². The summed E-state index contributed by atoms with van der Waals surface area (Å²) >= 11 is 0. The number of para-hydroxylation sites is 1. The number of aromatic nitrogens is 1. The Kier molecular flexibility index (Phi) is 3.85. The van der Waals surface area contributed by atoms with E-state index in [1.165, 1.54) is 23.0 Å². The number of nitrogens with one attached hydrogen (secondary N) is 1. The molecule has 17 heavy (non-hydrogen) atoms. The first-order chi connectivity index (χ1) is 8.22. The van der Waals surface area contributed by atoms with Crippen molar-refractivity contribution >= 4 is 10.9 Å². The molecule has 0 atom stereocenters. The maximum absolute atomic E-state index is 3.25. The molecule has 0 bridgehead atoms. The number of fused-ring (bicyclic) bond motifs is 1. The summed E-state index contributed by atoms with van der Waals surface area (Å²) in [6.07, 6.45) is 1.23. The van der Waals surface area contributed by atoms with Crippen LogP contribution in [-0.4, -0.2) is 11.6 Å². The predicted molar refractivity (Wildman–Crippen MR) is 74.2 cm³/mol. The van der Waals surface area contributed by atoms with Crippen LogP contribution in [0.3, 0.4) is 0 Å². The third kappa shape index (κ3) is 2.70. The van der Waals surface area contributed by atoms with Crippen molar-refractivity contribution in [2.45, 2.75) is 33.4 Å². The molecule has 1 aromatic heterocycles. The molecule has 2 nitrogen and oxygen atoms in total. The van der Waals surface area contributed by atoms with Gasteiger partial charge in [-0.25, -0.2) is 0 Å². The van der Waals surface area contributed by atoms with Gasteiger partial charge in [-0.05, 0) is 36.9 Å². The molecule has 92 valence electrons. The van der Waals surface area contributed by atoms with E-state index in [0.29, 0.717) is 0 Å². The Hall–Kier alpha value is -1.28. The van der Waals surface area contributed by atoms with Gasteiger partial charge in [-0.2, -0.15) is 0 Å². The first kappa shape index (κ1) is 12.2. The third-order valence-corrected chi connectivity index (χ3v) is 3.18. The quantitative estimate of drug-likeness (QED) is 0.833. The van der Waals surface area contributed by atoms with Crippen molar-refractivity contribution in [2.24, 2.45) is 5.92 Å². The molecule has 1 aromatic carbocycles. The van der Waals surface area contributed by atoms with Crippen molar-refractivity contribution < 1.29 is 0 Å². The minimum Gasteiger partial charge on any atom is -0.343 e. The summed E-state index contributed by atoms with van der Waals surface area (Å²) in [5.74, 6) is 0.749. The van der Waals surface area contributed by atoms with E-state index in [1.807, 2.05) is 7.05 Å². The van der Waals surface area contributed by atoms with Gasteiger partial charge in [0, 0.05) is 24.3 Å². The van der Waals surface area contributed by atoms with Crippen molar-refractivity contribution in [3.05, 3.63) is 36.0 Å². The van der Waals surface area contributed by atoms with Gasteiger partial charge in [-0.3, -0.25) is 0 Å². The van der Waals surface area contributed by atoms with Gasteiger partial charge in [0.1, 0.15) is 0 Å². The smallest absolute Gasteiger partial charge is 0.0482 e. The van der Waals surface area contributed by atoms with E-state index in [1.54, 1.807) is 0 Å². The van der Waals surface area contributed by atoms with E-state index < -0.39 is 0 Å². The average molecular weight is 230 g/mol. The number of hydrogen-bond acceptors (Lipinski definition) is 1. The highest BCUT2D eigenvalue weighted by Crippen LogP contribution is 2.21. The van der Waals surface area contributed by atoms with Gasteiger partial charge in [-0.1, -0.05) is 32.0 Å². The van der Waals surface area contributed by atoms with Crippen LogP contribution in [0.5, 0.6) is 0 Å². The van der Waals surface area contributed by atoms with Crippen LogP contribution in [0, 0.1) is 5.92 Å². The monoisotopic (exact) mass is 230 g/mol. The number of rotatable bonds is 5. The Morgan fingerprint density at radius 2 is 2.00 bits per heavy atom. The van der Waals surface area contributed by atoms with E-state index in [-0.39, 0.29) is 0 Å². The predicted octanol–water partition coefficient (Wildman–Crippen LogP) is 3.41. The highest BCUT2D eigenvalue weighted by atomic mass is 15.0. The molecule has 2 aromatic rings. The minimum atomic E-state index is 0.749. The highest BCUT2D eigenvalue weighted by Gasteiger charge is 2.07.